The van der Waals surface area contributed by atoms with Crippen LogP contribution in [0.4, 0.5) is 10.5 Å². The topological polar surface area (TPSA) is 69.6 Å². The van der Waals surface area contributed by atoms with Gasteiger partial charge in [-0.1, -0.05) is 24.3 Å². The first kappa shape index (κ1) is 13.8. The summed E-state index contributed by atoms with van der Waals surface area (Å²) in [5.41, 5.74) is 0.805. The van der Waals surface area contributed by atoms with Crippen molar-refractivity contribution in [2.75, 3.05) is 18.0 Å². The minimum absolute atomic E-state index is 0.189. The van der Waals surface area contributed by atoms with Gasteiger partial charge >= 0.3 is 12.0 Å². The van der Waals surface area contributed by atoms with E-state index < -0.39 is 5.97 Å². The van der Waals surface area contributed by atoms with Gasteiger partial charge in [0.15, 0.2) is 0 Å². The molecule has 0 aliphatic carbocycles. The maximum atomic E-state index is 11.9. The van der Waals surface area contributed by atoms with Crippen molar-refractivity contribution in [2.45, 2.75) is 6.92 Å². The highest BCUT2D eigenvalue weighted by atomic mass is 16.4. The van der Waals surface area contributed by atoms with Crippen LogP contribution >= 0.6 is 0 Å². The van der Waals surface area contributed by atoms with Crippen molar-refractivity contribution < 1.29 is 14.7 Å². The van der Waals surface area contributed by atoms with Gasteiger partial charge in [-0.05, 0) is 19.1 Å². The molecule has 1 aromatic rings. The quantitative estimate of drug-likeness (QED) is 0.781. The number of anilines is 1. The van der Waals surface area contributed by atoms with Crippen molar-refractivity contribution in [1.29, 1.82) is 0 Å². The third-order valence-corrected chi connectivity index (χ3v) is 2.26. The first-order valence-electron chi connectivity index (χ1n) is 5.65. The zero-order valence-electron chi connectivity index (χ0n) is 10.2. The van der Waals surface area contributed by atoms with Gasteiger partial charge in [0.05, 0.1) is 0 Å². The highest BCUT2D eigenvalue weighted by Crippen LogP contribution is 2.12. The minimum Gasteiger partial charge on any atom is -0.478 e. The van der Waals surface area contributed by atoms with E-state index in [-0.39, 0.29) is 12.6 Å². The van der Waals surface area contributed by atoms with Crippen molar-refractivity contribution in [1.82, 2.24) is 5.32 Å². The molecule has 5 heteroatoms. The van der Waals surface area contributed by atoms with E-state index in [4.69, 9.17) is 5.11 Å². The zero-order chi connectivity index (χ0) is 13.4. The molecule has 2 amide bonds. The molecule has 0 saturated carbocycles. The van der Waals surface area contributed by atoms with Gasteiger partial charge in [0, 0.05) is 24.9 Å². The van der Waals surface area contributed by atoms with Crippen LogP contribution in [0, 0.1) is 0 Å². The van der Waals surface area contributed by atoms with Crippen molar-refractivity contribution in [3.63, 3.8) is 0 Å². The van der Waals surface area contributed by atoms with Gasteiger partial charge < -0.3 is 10.4 Å². The maximum absolute atomic E-state index is 11.9. The fraction of sp³-hybridized carbons (Fsp3) is 0.231. The summed E-state index contributed by atoms with van der Waals surface area (Å²) >= 11 is 0. The Kier molecular flexibility index (Phi) is 5.44. The van der Waals surface area contributed by atoms with E-state index in [9.17, 15) is 9.59 Å². The number of para-hydroxylation sites is 1. The molecule has 0 saturated heterocycles. The molecule has 5 nitrogen and oxygen atoms in total. The lowest BCUT2D eigenvalue weighted by molar-refractivity contribution is -0.131. The summed E-state index contributed by atoms with van der Waals surface area (Å²) in [6, 6.07) is 9.03. The molecular weight excluding hydrogens is 232 g/mol. The van der Waals surface area contributed by atoms with Crippen LogP contribution in [-0.2, 0) is 4.79 Å². The normalized spacial score (nSPS) is 10.3. The molecule has 1 rings (SSSR count). The zero-order valence-corrected chi connectivity index (χ0v) is 10.2. The molecule has 0 heterocycles. The van der Waals surface area contributed by atoms with Crippen molar-refractivity contribution in [2.24, 2.45) is 0 Å². The average molecular weight is 248 g/mol. The number of nitrogens with one attached hydrogen (secondary N) is 1. The van der Waals surface area contributed by atoms with Crippen LogP contribution < -0.4 is 10.2 Å². The smallest absolute Gasteiger partial charge is 0.328 e. The number of hydrogen-bond donors (Lipinski definition) is 2. The number of hydrogen-bond acceptors (Lipinski definition) is 2. The Balaban J connectivity index is 2.56. The molecule has 0 fully saturated rings. The summed E-state index contributed by atoms with van der Waals surface area (Å²) in [6.07, 6.45) is 2.39. The Bertz CT molecular complexity index is 429. The van der Waals surface area contributed by atoms with Gasteiger partial charge in [0.1, 0.15) is 0 Å². The van der Waals surface area contributed by atoms with E-state index in [1.807, 2.05) is 37.3 Å². The lowest BCUT2D eigenvalue weighted by Crippen LogP contribution is -2.40. The van der Waals surface area contributed by atoms with Crippen LogP contribution in [0.5, 0.6) is 0 Å². The Hall–Kier alpha value is -2.30. The third-order valence-electron chi connectivity index (χ3n) is 2.26. The summed E-state index contributed by atoms with van der Waals surface area (Å²) in [7, 11) is 0. The Morgan fingerprint density at radius 3 is 2.56 bits per heavy atom. The molecule has 1 aromatic carbocycles. The monoisotopic (exact) mass is 248 g/mol. The number of carbonyl (C=O) groups excluding carboxylic acids is 1. The van der Waals surface area contributed by atoms with E-state index in [1.54, 1.807) is 4.90 Å². The van der Waals surface area contributed by atoms with Crippen LogP contribution in [-0.4, -0.2) is 30.2 Å². The van der Waals surface area contributed by atoms with E-state index >= 15 is 0 Å². The molecule has 0 unspecified atom stereocenters. The van der Waals surface area contributed by atoms with Gasteiger partial charge in [-0.3, -0.25) is 4.90 Å². The number of carbonyl (C=O) groups is 2. The standard InChI is InChI=1S/C13H16N2O3/c1-2-15(11-7-4-3-5-8-11)13(18)14-10-6-9-12(16)17/h3-9H,2,10H2,1H3,(H,14,18)(H,16,17)/b9-6+. The Labute approximate surface area is 106 Å². The number of rotatable bonds is 5. The van der Waals surface area contributed by atoms with Gasteiger partial charge in [0.2, 0.25) is 0 Å². The number of nitrogens with zero attached hydrogens (tertiary/aromatic N) is 1. The maximum Gasteiger partial charge on any atom is 0.328 e. The molecule has 0 aliphatic heterocycles. The van der Waals surface area contributed by atoms with Gasteiger partial charge in [0.25, 0.3) is 0 Å². The molecule has 18 heavy (non-hydrogen) atoms. The Morgan fingerprint density at radius 2 is 2.00 bits per heavy atom. The summed E-state index contributed by atoms with van der Waals surface area (Å²) in [6.45, 7) is 2.60. The number of aliphatic carboxylic acids is 1. The average Bonchev–Trinajstić information content (AvgIpc) is 2.36. The lowest BCUT2D eigenvalue weighted by atomic mass is 10.3. The van der Waals surface area contributed by atoms with Gasteiger partial charge in [-0.15, -0.1) is 0 Å². The van der Waals surface area contributed by atoms with E-state index in [2.05, 4.69) is 5.32 Å². The molecule has 0 spiro atoms. The number of benzene rings is 1. The molecule has 0 bridgehead atoms. The molecule has 0 aliphatic rings. The molecular formula is C13H16N2O3. The van der Waals surface area contributed by atoms with E-state index in [1.165, 1.54) is 6.08 Å². The number of carboxylic acid groups (broad SMARTS) is 1. The minimum atomic E-state index is -1.03. The summed E-state index contributed by atoms with van der Waals surface area (Å²) < 4.78 is 0. The predicted molar refractivity (Wildman–Crippen MR) is 69.6 cm³/mol. The van der Waals surface area contributed by atoms with E-state index in [0.29, 0.717) is 6.54 Å². The fourth-order valence-electron chi connectivity index (χ4n) is 1.45. The van der Waals surface area contributed by atoms with Crippen LogP contribution in [0.25, 0.3) is 0 Å². The van der Waals surface area contributed by atoms with E-state index in [0.717, 1.165) is 11.8 Å². The van der Waals surface area contributed by atoms with Crippen LogP contribution in [0.15, 0.2) is 42.5 Å². The summed E-state index contributed by atoms with van der Waals surface area (Å²) in [5.74, 6) is -1.03. The van der Waals surface area contributed by atoms with Crippen molar-refractivity contribution in [3.05, 3.63) is 42.5 Å². The molecule has 96 valence electrons. The number of amides is 2. The summed E-state index contributed by atoms with van der Waals surface area (Å²) in [4.78, 5) is 23.7. The Morgan fingerprint density at radius 1 is 1.33 bits per heavy atom. The SMILES string of the molecule is CCN(C(=O)NC/C=C/C(=O)O)c1ccccc1. The fourth-order valence-corrected chi connectivity index (χ4v) is 1.45. The van der Waals surface area contributed by atoms with Crippen LogP contribution in [0.3, 0.4) is 0 Å². The first-order valence-corrected chi connectivity index (χ1v) is 5.65. The second kappa shape index (κ2) is 7.11. The lowest BCUT2D eigenvalue weighted by Gasteiger charge is -2.20. The van der Waals surface area contributed by atoms with Crippen LogP contribution in [0.2, 0.25) is 0 Å². The number of urea groups is 1. The van der Waals surface area contributed by atoms with Crippen molar-refractivity contribution >= 4 is 17.7 Å². The van der Waals surface area contributed by atoms with Gasteiger partial charge in [-0.25, -0.2) is 9.59 Å². The highest BCUT2D eigenvalue weighted by Gasteiger charge is 2.11. The van der Waals surface area contributed by atoms with Crippen molar-refractivity contribution in [3.8, 4) is 0 Å². The molecule has 0 atom stereocenters. The van der Waals surface area contributed by atoms with Gasteiger partial charge in [-0.2, -0.15) is 0 Å². The first-order chi connectivity index (χ1) is 8.65. The number of carboxylic acids is 1. The largest absolute Gasteiger partial charge is 0.478 e. The molecule has 0 radical (unpaired) electrons. The predicted octanol–water partition coefficient (Wildman–Crippen LogP) is 1.86. The molecule has 2 N–H and O–H groups in total. The summed E-state index contributed by atoms with van der Waals surface area (Å²) in [5, 5.41) is 11.0. The molecule has 0 aromatic heterocycles. The third kappa shape index (κ3) is 4.29. The second-order valence-corrected chi connectivity index (χ2v) is 3.51. The second-order valence-electron chi connectivity index (χ2n) is 3.51. The highest BCUT2D eigenvalue weighted by molar-refractivity contribution is 5.92. The van der Waals surface area contributed by atoms with Crippen LogP contribution in [0.1, 0.15) is 6.92 Å².